The quantitative estimate of drug-likeness (QED) is 0.776. The minimum Gasteiger partial charge on any atom is -0.385 e. The molecule has 2 unspecified atom stereocenters. The van der Waals surface area contributed by atoms with Gasteiger partial charge in [0.25, 0.3) is 0 Å². The summed E-state index contributed by atoms with van der Waals surface area (Å²) in [7, 11) is 2.19. The molecule has 2 atom stereocenters. The van der Waals surface area contributed by atoms with Gasteiger partial charge < -0.3 is 10.0 Å². The normalized spacial score (nSPS) is 38.9. The molecule has 2 bridgehead atoms. The van der Waals surface area contributed by atoms with Crippen LogP contribution in [0.5, 0.6) is 0 Å². The number of piperidine rings is 1. The van der Waals surface area contributed by atoms with E-state index in [1.807, 2.05) is 18.3 Å². The third kappa shape index (κ3) is 1.46. The molecule has 86 valence electrons. The Morgan fingerprint density at radius 1 is 1.38 bits per heavy atom. The van der Waals surface area contributed by atoms with Gasteiger partial charge in [0.15, 0.2) is 0 Å². The summed E-state index contributed by atoms with van der Waals surface area (Å²) in [5.41, 5.74) is 0.340. The van der Waals surface area contributed by atoms with Crippen LogP contribution in [0.4, 0.5) is 0 Å². The van der Waals surface area contributed by atoms with Crippen molar-refractivity contribution in [3.05, 3.63) is 30.1 Å². The van der Waals surface area contributed by atoms with Crippen molar-refractivity contribution in [3.63, 3.8) is 0 Å². The first kappa shape index (κ1) is 10.2. The van der Waals surface area contributed by atoms with E-state index in [9.17, 15) is 5.11 Å². The fourth-order valence-corrected chi connectivity index (χ4v) is 3.32. The molecule has 2 aliphatic rings. The SMILES string of the molecule is CN1C2CCC1CC(O)(c1cccnc1)C2. The maximum Gasteiger partial charge on any atom is 0.0941 e. The average molecular weight is 218 g/mol. The van der Waals surface area contributed by atoms with E-state index in [0.717, 1.165) is 18.4 Å². The fourth-order valence-electron chi connectivity index (χ4n) is 3.32. The summed E-state index contributed by atoms with van der Waals surface area (Å²) in [5.74, 6) is 0. The molecule has 0 aromatic carbocycles. The summed E-state index contributed by atoms with van der Waals surface area (Å²) >= 11 is 0. The van der Waals surface area contributed by atoms with Crippen LogP contribution in [0.3, 0.4) is 0 Å². The Hall–Kier alpha value is -0.930. The predicted octanol–water partition coefficient (Wildman–Crippen LogP) is 1.53. The monoisotopic (exact) mass is 218 g/mol. The molecule has 16 heavy (non-hydrogen) atoms. The van der Waals surface area contributed by atoms with E-state index in [0.29, 0.717) is 12.1 Å². The molecule has 2 fully saturated rings. The molecule has 1 aromatic rings. The van der Waals surface area contributed by atoms with Crippen molar-refractivity contribution in [2.45, 2.75) is 43.4 Å². The molecule has 1 aromatic heterocycles. The lowest BCUT2D eigenvalue weighted by Crippen LogP contribution is -2.47. The zero-order valence-electron chi connectivity index (χ0n) is 9.63. The maximum absolute atomic E-state index is 10.8. The van der Waals surface area contributed by atoms with E-state index in [-0.39, 0.29) is 0 Å². The van der Waals surface area contributed by atoms with E-state index >= 15 is 0 Å². The molecule has 2 aliphatic heterocycles. The minimum atomic E-state index is -0.646. The lowest BCUT2D eigenvalue weighted by atomic mass is 9.81. The number of pyridine rings is 1. The average Bonchev–Trinajstić information content (AvgIpc) is 2.54. The van der Waals surface area contributed by atoms with Crippen molar-refractivity contribution in [1.29, 1.82) is 0 Å². The Morgan fingerprint density at radius 2 is 2.06 bits per heavy atom. The second-order valence-electron chi connectivity index (χ2n) is 5.23. The first-order valence-electron chi connectivity index (χ1n) is 6.04. The van der Waals surface area contributed by atoms with Gasteiger partial charge in [-0.25, -0.2) is 0 Å². The summed E-state index contributed by atoms with van der Waals surface area (Å²) in [6.45, 7) is 0. The number of hydrogen-bond acceptors (Lipinski definition) is 3. The summed E-state index contributed by atoms with van der Waals surface area (Å²) in [4.78, 5) is 6.56. The van der Waals surface area contributed by atoms with Gasteiger partial charge in [-0.05, 0) is 38.8 Å². The van der Waals surface area contributed by atoms with Crippen LogP contribution in [-0.4, -0.2) is 34.1 Å². The Morgan fingerprint density at radius 3 is 2.62 bits per heavy atom. The van der Waals surface area contributed by atoms with Gasteiger partial charge in [-0.3, -0.25) is 4.98 Å². The molecule has 0 amide bonds. The van der Waals surface area contributed by atoms with Crippen LogP contribution < -0.4 is 0 Å². The largest absolute Gasteiger partial charge is 0.385 e. The highest BCUT2D eigenvalue weighted by Gasteiger charge is 2.46. The van der Waals surface area contributed by atoms with Crippen LogP contribution >= 0.6 is 0 Å². The second kappa shape index (κ2) is 3.54. The second-order valence-corrected chi connectivity index (χ2v) is 5.23. The van der Waals surface area contributed by atoms with Crippen LogP contribution in [0.1, 0.15) is 31.2 Å². The van der Waals surface area contributed by atoms with Crippen molar-refractivity contribution >= 4 is 0 Å². The maximum atomic E-state index is 10.8. The van der Waals surface area contributed by atoms with Crippen molar-refractivity contribution in [2.75, 3.05) is 7.05 Å². The van der Waals surface area contributed by atoms with Crippen LogP contribution in [0.25, 0.3) is 0 Å². The van der Waals surface area contributed by atoms with E-state index in [4.69, 9.17) is 0 Å². The Kier molecular flexibility index (Phi) is 2.26. The zero-order chi connectivity index (χ0) is 11.2. The molecule has 0 saturated carbocycles. The molecule has 3 nitrogen and oxygen atoms in total. The highest BCUT2D eigenvalue weighted by Crippen LogP contribution is 2.44. The highest BCUT2D eigenvalue weighted by molar-refractivity contribution is 5.21. The standard InChI is InChI=1S/C13H18N2O/c1-15-11-4-5-12(15)8-13(16,7-11)10-3-2-6-14-9-10/h2-3,6,9,11-12,16H,4-5,7-8H2,1H3. The van der Waals surface area contributed by atoms with Gasteiger partial charge in [0.05, 0.1) is 5.60 Å². The smallest absolute Gasteiger partial charge is 0.0941 e. The molecule has 1 N–H and O–H groups in total. The first-order chi connectivity index (χ1) is 7.69. The summed E-state index contributed by atoms with van der Waals surface area (Å²) in [6, 6.07) is 5.00. The van der Waals surface area contributed by atoms with Gasteiger partial charge in [-0.2, -0.15) is 0 Å². The predicted molar refractivity (Wildman–Crippen MR) is 61.9 cm³/mol. The molecule has 2 saturated heterocycles. The van der Waals surface area contributed by atoms with Gasteiger partial charge in [0.2, 0.25) is 0 Å². The summed E-state index contributed by atoms with van der Waals surface area (Å²) in [6.07, 6.45) is 7.73. The van der Waals surface area contributed by atoms with Gasteiger partial charge >= 0.3 is 0 Å². The fraction of sp³-hybridized carbons (Fsp3) is 0.615. The number of nitrogens with zero attached hydrogens (tertiary/aromatic N) is 2. The Bertz CT molecular complexity index is 365. The lowest BCUT2D eigenvalue weighted by molar-refractivity contribution is -0.0495. The highest BCUT2D eigenvalue weighted by atomic mass is 16.3. The molecule has 0 radical (unpaired) electrons. The molecule has 3 heteroatoms. The molecule has 3 rings (SSSR count). The Balaban J connectivity index is 1.91. The van der Waals surface area contributed by atoms with Crippen molar-refractivity contribution in [1.82, 2.24) is 9.88 Å². The minimum absolute atomic E-state index is 0.545. The number of aromatic nitrogens is 1. The van der Waals surface area contributed by atoms with Gasteiger partial charge in [-0.15, -0.1) is 0 Å². The Labute approximate surface area is 96.1 Å². The van der Waals surface area contributed by atoms with Gasteiger partial charge in [0.1, 0.15) is 0 Å². The summed E-state index contributed by atoms with van der Waals surface area (Å²) in [5, 5.41) is 10.8. The third-order valence-corrected chi connectivity index (χ3v) is 4.33. The molecular weight excluding hydrogens is 200 g/mol. The first-order valence-corrected chi connectivity index (χ1v) is 6.04. The van der Waals surface area contributed by atoms with E-state index in [1.165, 1.54) is 12.8 Å². The number of hydrogen-bond donors (Lipinski definition) is 1. The number of rotatable bonds is 1. The van der Waals surface area contributed by atoms with Crippen molar-refractivity contribution in [2.24, 2.45) is 0 Å². The van der Waals surface area contributed by atoms with E-state index < -0.39 is 5.60 Å². The van der Waals surface area contributed by atoms with Crippen LogP contribution in [0.15, 0.2) is 24.5 Å². The lowest BCUT2D eigenvalue weighted by Gasteiger charge is -2.42. The number of fused-ring (bicyclic) bond motifs is 2. The molecule has 3 heterocycles. The molecular formula is C13H18N2O. The van der Waals surface area contributed by atoms with Crippen LogP contribution in [-0.2, 0) is 5.60 Å². The van der Waals surface area contributed by atoms with E-state index in [1.54, 1.807) is 6.20 Å². The molecule has 0 aliphatic carbocycles. The van der Waals surface area contributed by atoms with Crippen LogP contribution in [0.2, 0.25) is 0 Å². The third-order valence-electron chi connectivity index (χ3n) is 4.33. The van der Waals surface area contributed by atoms with Crippen molar-refractivity contribution in [3.8, 4) is 0 Å². The van der Waals surface area contributed by atoms with Crippen molar-refractivity contribution < 1.29 is 5.11 Å². The zero-order valence-corrected chi connectivity index (χ0v) is 9.63. The van der Waals surface area contributed by atoms with E-state index in [2.05, 4.69) is 16.9 Å². The van der Waals surface area contributed by atoms with Gasteiger partial charge in [0, 0.05) is 30.0 Å². The number of aliphatic hydroxyl groups is 1. The summed E-state index contributed by atoms with van der Waals surface area (Å²) < 4.78 is 0. The van der Waals surface area contributed by atoms with Gasteiger partial charge in [-0.1, -0.05) is 6.07 Å². The topological polar surface area (TPSA) is 36.4 Å². The van der Waals surface area contributed by atoms with Crippen LogP contribution in [0, 0.1) is 0 Å². The molecule has 0 spiro atoms.